The summed E-state index contributed by atoms with van der Waals surface area (Å²) < 4.78 is 0. The average Bonchev–Trinajstić information content (AvgIpc) is 2.94. The van der Waals surface area contributed by atoms with Crippen LogP contribution >= 0.6 is 0 Å². The number of anilines is 1. The highest BCUT2D eigenvalue weighted by Crippen LogP contribution is 2.30. The van der Waals surface area contributed by atoms with Crippen LogP contribution in [0.4, 0.5) is 5.69 Å². The molecule has 1 heterocycles. The number of carbonyl (C=O) groups excluding carboxylic acids is 1. The molecule has 1 aliphatic heterocycles. The van der Waals surface area contributed by atoms with Gasteiger partial charge >= 0.3 is 0 Å². The van der Waals surface area contributed by atoms with Gasteiger partial charge in [-0.1, -0.05) is 23.8 Å². The van der Waals surface area contributed by atoms with E-state index in [2.05, 4.69) is 30.9 Å². The molecule has 2 aromatic carbocycles. The number of fused-ring (bicyclic) bond motifs is 1. The van der Waals surface area contributed by atoms with Crippen LogP contribution in [0.25, 0.3) is 0 Å². The lowest BCUT2D eigenvalue weighted by Gasteiger charge is -2.22. The lowest BCUT2D eigenvalue weighted by atomic mass is 9.99. The van der Waals surface area contributed by atoms with Crippen molar-refractivity contribution < 1.29 is 9.90 Å². The Morgan fingerprint density at radius 2 is 2.00 bits per heavy atom. The van der Waals surface area contributed by atoms with Gasteiger partial charge in [-0.05, 0) is 68.5 Å². The topological polar surface area (TPSA) is 40.5 Å². The normalized spacial score (nSPS) is 14.6. The number of aliphatic hydroxyl groups is 1. The molecule has 3 rings (SSSR count). The van der Waals surface area contributed by atoms with Crippen LogP contribution in [-0.4, -0.2) is 24.0 Å². The molecule has 3 nitrogen and oxygen atoms in total. The monoisotopic (exact) mass is 323 g/mol. The Morgan fingerprint density at radius 1 is 1.21 bits per heavy atom. The highest BCUT2D eigenvalue weighted by Gasteiger charge is 2.21. The van der Waals surface area contributed by atoms with E-state index in [1.165, 1.54) is 16.8 Å². The summed E-state index contributed by atoms with van der Waals surface area (Å²) in [5.74, 6) is 0.113. The molecule has 2 aromatic rings. The summed E-state index contributed by atoms with van der Waals surface area (Å²) in [7, 11) is 0. The molecule has 0 saturated carbocycles. The van der Waals surface area contributed by atoms with Gasteiger partial charge in [0.05, 0.1) is 6.10 Å². The van der Waals surface area contributed by atoms with E-state index in [9.17, 15) is 9.90 Å². The number of aryl methyl sites for hydroxylation is 2. The molecule has 0 amide bonds. The molecule has 24 heavy (non-hydrogen) atoms. The number of Topliss-reactive ketones (excluding diaryl/α,β-unsaturated/α-hetero) is 1. The third-order valence-electron chi connectivity index (χ3n) is 4.93. The van der Waals surface area contributed by atoms with Crippen molar-refractivity contribution in [3.63, 3.8) is 0 Å². The Hall–Kier alpha value is -2.13. The van der Waals surface area contributed by atoms with Gasteiger partial charge in [-0.3, -0.25) is 4.79 Å². The molecule has 0 fully saturated rings. The van der Waals surface area contributed by atoms with Gasteiger partial charge in [0.25, 0.3) is 0 Å². The molecule has 0 bridgehead atoms. The third kappa shape index (κ3) is 3.36. The molecular weight excluding hydrogens is 298 g/mol. The van der Waals surface area contributed by atoms with Crippen LogP contribution in [0.2, 0.25) is 0 Å². The summed E-state index contributed by atoms with van der Waals surface area (Å²) in [6.45, 7) is 7.51. The fraction of sp³-hybridized carbons (Fsp3) is 0.381. The number of ketones is 1. The molecule has 0 aliphatic carbocycles. The Balaban J connectivity index is 1.67. The standard InChI is InChI=1S/C21H25NO2/c1-14-4-6-19(15(2)12-14)21(24)9-11-22-10-8-18-13-17(16(3)23)5-7-20(18)22/h4-7,12-13,21,24H,8-11H2,1-3H3. The summed E-state index contributed by atoms with van der Waals surface area (Å²) in [5, 5.41) is 10.5. The average molecular weight is 323 g/mol. The van der Waals surface area contributed by atoms with Crippen molar-refractivity contribution in [2.75, 3.05) is 18.0 Å². The van der Waals surface area contributed by atoms with E-state index in [1.807, 2.05) is 24.3 Å². The lowest BCUT2D eigenvalue weighted by Crippen LogP contribution is -2.23. The minimum absolute atomic E-state index is 0.113. The second-order valence-electron chi connectivity index (χ2n) is 6.80. The van der Waals surface area contributed by atoms with Gasteiger partial charge in [-0.15, -0.1) is 0 Å². The van der Waals surface area contributed by atoms with E-state index in [0.29, 0.717) is 6.42 Å². The van der Waals surface area contributed by atoms with Crippen molar-refractivity contribution >= 4 is 11.5 Å². The van der Waals surface area contributed by atoms with Gasteiger partial charge in [0.1, 0.15) is 0 Å². The van der Waals surface area contributed by atoms with Gasteiger partial charge in [0, 0.05) is 24.3 Å². The van der Waals surface area contributed by atoms with E-state index in [4.69, 9.17) is 0 Å². The Bertz CT molecular complexity index is 766. The summed E-state index contributed by atoms with van der Waals surface area (Å²) in [6, 6.07) is 12.2. The zero-order valence-corrected chi connectivity index (χ0v) is 14.7. The number of benzene rings is 2. The van der Waals surface area contributed by atoms with E-state index < -0.39 is 6.10 Å². The summed E-state index contributed by atoms with van der Waals surface area (Å²) in [6.07, 6.45) is 1.24. The number of nitrogens with zero attached hydrogens (tertiary/aromatic N) is 1. The van der Waals surface area contributed by atoms with Crippen LogP contribution < -0.4 is 4.90 Å². The molecule has 1 aliphatic rings. The fourth-order valence-electron chi connectivity index (χ4n) is 3.55. The van der Waals surface area contributed by atoms with Gasteiger partial charge < -0.3 is 10.0 Å². The van der Waals surface area contributed by atoms with Gasteiger partial charge in [-0.2, -0.15) is 0 Å². The number of carbonyl (C=O) groups is 1. The molecule has 0 aromatic heterocycles. The maximum atomic E-state index is 11.5. The minimum Gasteiger partial charge on any atom is -0.388 e. The van der Waals surface area contributed by atoms with E-state index in [1.54, 1.807) is 6.92 Å². The second-order valence-corrected chi connectivity index (χ2v) is 6.80. The molecular formula is C21H25NO2. The van der Waals surface area contributed by atoms with Gasteiger partial charge in [0.2, 0.25) is 0 Å². The van der Waals surface area contributed by atoms with Crippen molar-refractivity contribution in [3.05, 3.63) is 64.2 Å². The molecule has 1 atom stereocenters. The maximum Gasteiger partial charge on any atom is 0.159 e. The van der Waals surface area contributed by atoms with E-state index in [-0.39, 0.29) is 5.78 Å². The van der Waals surface area contributed by atoms with Crippen molar-refractivity contribution in [2.24, 2.45) is 0 Å². The van der Waals surface area contributed by atoms with Crippen molar-refractivity contribution in [2.45, 2.75) is 39.7 Å². The van der Waals surface area contributed by atoms with Crippen molar-refractivity contribution in [1.82, 2.24) is 0 Å². The predicted octanol–water partition coefficient (Wildman–Crippen LogP) is 3.99. The Morgan fingerprint density at radius 3 is 2.71 bits per heavy atom. The van der Waals surface area contributed by atoms with Crippen LogP contribution in [-0.2, 0) is 6.42 Å². The smallest absolute Gasteiger partial charge is 0.159 e. The molecule has 126 valence electrons. The first-order valence-corrected chi connectivity index (χ1v) is 8.59. The Kier molecular flexibility index (Phi) is 4.72. The van der Waals surface area contributed by atoms with Crippen molar-refractivity contribution in [3.8, 4) is 0 Å². The molecule has 3 heteroatoms. The molecule has 1 N–H and O–H groups in total. The molecule has 0 radical (unpaired) electrons. The summed E-state index contributed by atoms with van der Waals surface area (Å²) in [5.41, 5.74) is 6.61. The first-order valence-electron chi connectivity index (χ1n) is 8.59. The molecule has 0 spiro atoms. The maximum absolute atomic E-state index is 11.5. The van der Waals surface area contributed by atoms with Gasteiger partial charge in [-0.25, -0.2) is 0 Å². The first kappa shape index (κ1) is 16.7. The summed E-state index contributed by atoms with van der Waals surface area (Å²) >= 11 is 0. The van der Waals surface area contributed by atoms with Crippen molar-refractivity contribution in [1.29, 1.82) is 0 Å². The van der Waals surface area contributed by atoms with Crippen LogP contribution in [0.3, 0.4) is 0 Å². The number of hydrogen-bond acceptors (Lipinski definition) is 3. The zero-order chi connectivity index (χ0) is 17.3. The van der Waals surface area contributed by atoms with E-state index in [0.717, 1.165) is 36.2 Å². The van der Waals surface area contributed by atoms with Crippen LogP contribution in [0.15, 0.2) is 36.4 Å². The van der Waals surface area contributed by atoms with E-state index >= 15 is 0 Å². The SMILES string of the molecule is CC(=O)c1ccc2c(c1)CCN2CCC(O)c1ccc(C)cc1C. The quantitative estimate of drug-likeness (QED) is 0.846. The number of hydrogen-bond donors (Lipinski definition) is 1. The third-order valence-corrected chi connectivity index (χ3v) is 4.93. The zero-order valence-electron chi connectivity index (χ0n) is 14.7. The molecule has 0 saturated heterocycles. The van der Waals surface area contributed by atoms with Gasteiger partial charge in [0.15, 0.2) is 5.78 Å². The largest absolute Gasteiger partial charge is 0.388 e. The second kappa shape index (κ2) is 6.78. The highest BCUT2D eigenvalue weighted by atomic mass is 16.3. The fourth-order valence-corrected chi connectivity index (χ4v) is 3.55. The van der Waals surface area contributed by atoms with Crippen LogP contribution in [0.1, 0.15) is 52.1 Å². The van der Waals surface area contributed by atoms with Crippen LogP contribution in [0.5, 0.6) is 0 Å². The number of aliphatic hydroxyl groups excluding tert-OH is 1. The summed E-state index contributed by atoms with van der Waals surface area (Å²) in [4.78, 5) is 13.8. The Labute approximate surface area is 143 Å². The van der Waals surface area contributed by atoms with Crippen LogP contribution in [0, 0.1) is 13.8 Å². The number of rotatable bonds is 5. The highest BCUT2D eigenvalue weighted by molar-refractivity contribution is 5.94. The molecule has 1 unspecified atom stereocenters. The lowest BCUT2D eigenvalue weighted by molar-refractivity contribution is 0.101. The minimum atomic E-state index is -0.439. The first-order chi connectivity index (χ1) is 11.5. The predicted molar refractivity (Wildman–Crippen MR) is 97.9 cm³/mol.